The SMILES string of the molecule is CC(C)(C)C1CCCC(NC2CC2)CC1. The van der Waals surface area contributed by atoms with Gasteiger partial charge in [-0.3, -0.25) is 0 Å². The summed E-state index contributed by atoms with van der Waals surface area (Å²) in [4.78, 5) is 0. The molecule has 1 N–H and O–H groups in total. The van der Waals surface area contributed by atoms with Crippen LogP contribution in [0.4, 0.5) is 0 Å². The Labute approximate surface area is 95.0 Å². The monoisotopic (exact) mass is 209 g/mol. The lowest BCUT2D eigenvalue weighted by atomic mass is 9.76. The van der Waals surface area contributed by atoms with Crippen molar-refractivity contribution in [1.29, 1.82) is 0 Å². The summed E-state index contributed by atoms with van der Waals surface area (Å²) in [5.74, 6) is 0.948. The van der Waals surface area contributed by atoms with Crippen molar-refractivity contribution in [3.8, 4) is 0 Å². The molecule has 0 amide bonds. The molecule has 2 rings (SSSR count). The molecule has 0 aromatic rings. The fourth-order valence-electron chi connectivity index (χ4n) is 2.92. The Morgan fingerprint density at radius 2 is 1.40 bits per heavy atom. The lowest BCUT2D eigenvalue weighted by molar-refractivity contribution is 0.213. The normalized spacial score (nSPS) is 33.8. The van der Waals surface area contributed by atoms with E-state index in [0.717, 1.165) is 18.0 Å². The summed E-state index contributed by atoms with van der Waals surface area (Å²) in [6, 6.07) is 1.73. The van der Waals surface area contributed by atoms with Gasteiger partial charge in [0.1, 0.15) is 0 Å². The minimum atomic E-state index is 0.522. The summed E-state index contributed by atoms with van der Waals surface area (Å²) in [5.41, 5.74) is 0.522. The summed E-state index contributed by atoms with van der Waals surface area (Å²) in [5, 5.41) is 3.80. The second kappa shape index (κ2) is 4.45. The summed E-state index contributed by atoms with van der Waals surface area (Å²) < 4.78 is 0. The topological polar surface area (TPSA) is 12.0 Å². The van der Waals surface area contributed by atoms with Gasteiger partial charge in [0.05, 0.1) is 0 Å². The second-order valence-corrected chi connectivity index (χ2v) is 6.71. The first-order valence-corrected chi connectivity index (χ1v) is 6.82. The van der Waals surface area contributed by atoms with Crippen molar-refractivity contribution in [2.24, 2.45) is 11.3 Å². The standard InChI is InChI=1S/C14H27N/c1-14(2,3)11-5-4-6-12(8-7-11)15-13-9-10-13/h11-13,15H,4-10H2,1-3H3. The van der Waals surface area contributed by atoms with E-state index in [0.29, 0.717) is 5.41 Å². The third-order valence-corrected chi connectivity index (χ3v) is 4.24. The second-order valence-electron chi connectivity index (χ2n) is 6.71. The smallest absolute Gasteiger partial charge is 0.00708 e. The predicted molar refractivity (Wildman–Crippen MR) is 66.0 cm³/mol. The van der Waals surface area contributed by atoms with Crippen molar-refractivity contribution < 1.29 is 0 Å². The van der Waals surface area contributed by atoms with Crippen molar-refractivity contribution >= 4 is 0 Å². The molecule has 2 fully saturated rings. The summed E-state index contributed by atoms with van der Waals surface area (Å²) in [7, 11) is 0. The maximum Gasteiger partial charge on any atom is 0.00708 e. The lowest BCUT2D eigenvalue weighted by Gasteiger charge is -2.29. The van der Waals surface area contributed by atoms with Gasteiger partial charge in [-0.25, -0.2) is 0 Å². The Kier molecular flexibility index (Phi) is 3.39. The molecule has 0 aromatic heterocycles. The third-order valence-electron chi connectivity index (χ3n) is 4.24. The van der Waals surface area contributed by atoms with Crippen LogP contribution < -0.4 is 5.32 Å². The first-order valence-electron chi connectivity index (χ1n) is 6.82. The number of nitrogens with one attached hydrogen (secondary N) is 1. The first-order chi connectivity index (χ1) is 7.05. The van der Waals surface area contributed by atoms with Crippen molar-refractivity contribution in [3.05, 3.63) is 0 Å². The minimum absolute atomic E-state index is 0.522. The zero-order chi connectivity index (χ0) is 10.9. The van der Waals surface area contributed by atoms with E-state index in [1.165, 1.54) is 44.9 Å². The number of rotatable bonds is 2. The van der Waals surface area contributed by atoms with E-state index in [2.05, 4.69) is 26.1 Å². The molecule has 0 spiro atoms. The van der Waals surface area contributed by atoms with Crippen LogP contribution in [0.2, 0.25) is 0 Å². The zero-order valence-corrected chi connectivity index (χ0v) is 10.7. The van der Waals surface area contributed by atoms with E-state index >= 15 is 0 Å². The molecule has 0 saturated heterocycles. The molecule has 2 aliphatic rings. The molecule has 0 aliphatic heterocycles. The first kappa shape index (κ1) is 11.4. The van der Waals surface area contributed by atoms with Gasteiger partial charge in [0.2, 0.25) is 0 Å². The van der Waals surface area contributed by atoms with Crippen LogP contribution in [0.3, 0.4) is 0 Å². The average Bonchev–Trinajstić information content (AvgIpc) is 2.91. The molecule has 0 aromatic carbocycles. The molecule has 2 aliphatic carbocycles. The Bertz CT molecular complexity index is 200. The Balaban J connectivity index is 1.80. The molecule has 2 atom stereocenters. The highest BCUT2D eigenvalue weighted by Gasteiger charge is 2.30. The van der Waals surface area contributed by atoms with Crippen molar-refractivity contribution in [2.75, 3.05) is 0 Å². The Hall–Kier alpha value is -0.0400. The van der Waals surface area contributed by atoms with Crippen LogP contribution in [-0.4, -0.2) is 12.1 Å². The minimum Gasteiger partial charge on any atom is -0.311 e. The van der Waals surface area contributed by atoms with Crippen molar-refractivity contribution in [1.82, 2.24) is 5.32 Å². The molecule has 88 valence electrons. The van der Waals surface area contributed by atoms with E-state index in [9.17, 15) is 0 Å². The molecule has 1 heteroatoms. The quantitative estimate of drug-likeness (QED) is 0.683. The van der Waals surface area contributed by atoms with Crippen molar-refractivity contribution in [2.45, 2.75) is 77.8 Å². The third kappa shape index (κ3) is 3.48. The summed E-state index contributed by atoms with van der Waals surface area (Å²) in [6.07, 6.45) is 10.0. The molecular formula is C14H27N. The highest BCUT2D eigenvalue weighted by Crippen LogP contribution is 2.37. The van der Waals surface area contributed by atoms with Gasteiger partial charge in [-0.1, -0.05) is 27.2 Å². The van der Waals surface area contributed by atoms with E-state index in [4.69, 9.17) is 0 Å². The van der Waals surface area contributed by atoms with Crippen molar-refractivity contribution in [3.63, 3.8) is 0 Å². The highest BCUT2D eigenvalue weighted by molar-refractivity contribution is 4.87. The maximum atomic E-state index is 3.80. The Morgan fingerprint density at radius 3 is 2.00 bits per heavy atom. The van der Waals surface area contributed by atoms with Crippen LogP contribution in [0, 0.1) is 11.3 Å². The van der Waals surface area contributed by atoms with E-state index in [1.54, 1.807) is 0 Å². The van der Waals surface area contributed by atoms with Crippen LogP contribution in [0.5, 0.6) is 0 Å². The van der Waals surface area contributed by atoms with Gasteiger partial charge in [0.15, 0.2) is 0 Å². The fourth-order valence-corrected chi connectivity index (χ4v) is 2.92. The van der Waals surface area contributed by atoms with Gasteiger partial charge in [0.25, 0.3) is 0 Å². The van der Waals surface area contributed by atoms with Gasteiger partial charge in [0, 0.05) is 12.1 Å². The van der Waals surface area contributed by atoms with Crippen LogP contribution in [0.15, 0.2) is 0 Å². The molecule has 0 radical (unpaired) electrons. The van der Waals surface area contributed by atoms with E-state index in [-0.39, 0.29) is 0 Å². The maximum absolute atomic E-state index is 3.80. The van der Waals surface area contributed by atoms with Crippen LogP contribution in [-0.2, 0) is 0 Å². The average molecular weight is 209 g/mol. The highest BCUT2D eigenvalue weighted by atomic mass is 15.0. The number of hydrogen-bond acceptors (Lipinski definition) is 1. The van der Waals surface area contributed by atoms with Gasteiger partial charge < -0.3 is 5.32 Å². The van der Waals surface area contributed by atoms with Crippen LogP contribution in [0.25, 0.3) is 0 Å². The predicted octanol–water partition coefficient (Wildman–Crippen LogP) is 3.73. The van der Waals surface area contributed by atoms with E-state index < -0.39 is 0 Å². The number of hydrogen-bond donors (Lipinski definition) is 1. The molecule has 15 heavy (non-hydrogen) atoms. The van der Waals surface area contributed by atoms with Gasteiger partial charge in [-0.2, -0.15) is 0 Å². The van der Waals surface area contributed by atoms with E-state index in [1.807, 2.05) is 0 Å². The molecule has 1 nitrogen and oxygen atoms in total. The Morgan fingerprint density at radius 1 is 0.800 bits per heavy atom. The molecular weight excluding hydrogens is 182 g/mol. The van der Waals surface area contributed by atoms with Gasteiger partial charge in [-0.15, -0.1) is 0 Å². The summed E-state index contributed by atoms with van der Waals surface area (Å²) in [6.45, 7) is 7.23. The fraction of sp³-hybridized carbons (Fsp3) is 1.00. The lowest BCUT2D eigenvalue weighted by Crippen LogP contribution is -2.30. The molecule has 2 unspecified atom stereocenters. The van der Waals surface area contributed by atoms with Crippen LogP contribution >= 0.6 is 0 Å². The largest absolute Gasteiger partial charge is 0.311 e. The van der Waals surface area contributed by atoms with Gasteiger partial charge >= 0.3 is 0 Å². The van der Waals surface area contributed by atoms with Gasteiger partial charge in [-0.05, 0) is 49.9 Å². The molecule has 0 heterocycles. The molecule has 0 bridgehead atoms. The zero-order valence-electron chi connectivity index (χ0n) is 10.7. The molecule has 2 saturated carbocycles. The summed E-state index contributed by atoms with van der Waals surface area (Å²) >= 11 is 0. The van der Waals surface area contributed by atoms with Crippen LogP contribution in [0.1, 0.15) is 65.7 Å².